The van der Waals surface area contributed by atoms with Crippen LogP contribution in [0, 0.1) is 5.92 Å². The maximum absolute atomic E-state index is 10.4. The minimum atomic E-state index is -0.499. The Morgan fingerprint density at radius 3 is 2.82 bits per heavy atom. The standard InChI is InChI=1S/C13H23N3O/c1-11-3-6-13(17,7-4-11)10-14-9-12-5-8-16(2)15-12/h5,8,11,14,17H,3-4,6-7,9-10H2,1-2H3. The van der Waals surface area contributed by atoms with Gasteiger partial charge < -0.3 is 10.4 Å². The molecule has 1 aliphatic rings. The summed E-state index contributed by atoms with van der Waals surface area (Å²) in [4.78, 5) is 0. The quantitative estimate of drug-likeness (QED) is 0.833. The third-order valence-corrected chi connectivity index (χ3v) is 3.73. The van der Waals surface area contributed by atoms with Gasteiger partial charge in [0.25, 0.3) is 0 Å². The Kier molecular flexibility index (Phi) is 3.84. The van der Waals surface area contributed by atoms with E-state index >= 15 is 0 Å². The van der Waals surface area contributed by atoms with Gasteiger partial charge in [-0.2, -0.15) is 5.10 Å². The number of nitrogens with one attached hydrogen (secondary N) is 1. The van der Waals surface area contributed by atoms with Crippen molar-refractivity contribution in [2.24, 2.45) is 13.0 Å². The lowest BCUT2D eigenvalue weighted by Crippen LogP contribution is -2.43. The number of hydrogen-bond acceptors (Lipinski definition) is 3. The molecule has 4 nitrogen and oxygen atoms in total. The zero-order chi connectivity index (χ0) is 12.3. The summed E-state index contributed by atoms with van der Waals surface area (Å²) in [5.41, 5.74) is 0.529. The van der Waals surface area contributed by atoms with Gasteiger partial charge in [-0.3, -0.25) is 4.68 Å². The highest BCUT2D eigenvalue weighted by Gasteiger charge is 2.31. The number of hydrogen-bond donors (Lipinski definition) is 2. The molecule has 4 heteroatoms. The third kappa shape index (κ3) is 3.54. The summed E-state index contributed by atoms with van der Waals surface area (Å²) in [6.07, 6.45) is 6.06. The Labute approximate surface area is 103 Å². The number of rotatable bonds is 4. The van der Waals surface area contributed by atoms with Gasteiger partial charge in [0.15, 0.2) is 0 Å². The summed E-state index contributed by atoms with van der Waals surface area (Å²) >= 11 is 0. The molecule has 1 aromatic heterocycles. The number of nitrogens with zero attached hydrogens (tertiary/aromatic N) is 2. The van der Waals surface area contributed by atoms with Crippen LogP contribution in [0.4, 0.5) is 0 Å². The normalized spacial score (nSPS) is 29.5. The molecule has 0 atom stereocenters. The minimum Gasteiger partial charge on any atom is -0.389 e. The summed E-state index contributed by atoms with van der Waals surface area (Å²) < 4.78 is 1.80. The Balaban J connectivity index is 1.74. The summed E-state index contributed by atoms with van der Waals surface area (Å²) in [7, 11) is 1.92. The van der Waals surface area contributed by atoms with Crippen LogP contribution < -0.4 is 5.32 Å². The first-order valence-corrected chi connectivity index (χ1v) is 6.49. The zero-order valence-corrected chi connectivity index (χ0v) is 10.8. The molecule has 0 saturated heterocycles. The van der Waals surface area contributed by atoms with Crippen LogP contribution in [0.1, 0.15) is 38.3 Å². The molecule has 2 rings (SSSR count). The van der Waals surface area contributed by atoms with Gasteiger partial charge in [0, 0.05) is 26.3 Å². The van der Waals surface area contributed by atoms with Gasteiger partial charge in [-0.05, 0) is 37.7 Å². The predicted molar refractivity (Wildman–Crippen MR) is 67.5 cm³/mol. The van der Waals surface area contributed by atoms with Crippen LogP contribution in [0.3, 0.4) is 0 Å². The van der Waals surface area contributed by atoms with Crippen molar-refractivity contribution in [1.29, 1.82) is 0 Å². The number of aromatic nitrogens is 2. The van der Waals surface area contributed by atoms with E-state index in [0.717, 1.165) is 43.8 Å². The molecule has 17 heavy (non-hydrogen) atoms. The van der Waals surface area contributed by atoms with E-state index in [1.165, 1.54) is 0 Å². The molecule has 1 fully saturated rings. The first-order chi connectivity index (χ1) is 8.07. The van der Waals surface area contributed by atoms with Crippen molar-refractivity contribution in [2.75, 3.05) is 6.54 Å². The zero-order valence-electron chi connectivity index (χ0n) is 10.8. The molecule has 0 aromatic carbocycles. The molecule has 0 unspecified atom stereocenters. The highest BCUT2D eigenvalue weighted by molar-refractivity contribution is 4.98. The Morgan fingerprint density at radius 2 is 2.24 bits per heavy atom. The summed E-state index contributed by atoms with van der Waals surface area (Å²) in [5, 5.41) is 18.0. The average molecular weight is 237 g/mol. The molecule has 1 aromatic rings. The van der Waals surface area contributed by atoms with E-state index in [4.69, 9.17) is 0 Å². The molecule has 0 aliphatic heterocycles. The van der Waals surface area contributed by atoms with Crippen LogP contribution >= 0.6 is 0 Å². The van der Waals surface area contributed by atoms with Gasteiger partial charge >= 0.3 is 0 Å². The second-order valence-corrected chi connectivity index (χ2v) is 5.49. The Bertz CT molecular complexity index is 353. The van der Waals surface area contributed by atoms with Crippen LogP contribution in [0.5, 0.6) is 0 Å². The molecule has 0 radical (unpaired) electrons. The van der Waals surface area contributed by atoms with Gasteiger partial charge in [-0.1, -0.05) is 6.92 Å². The first kappa shape index (κ1) is 12.6. The smallest absolute Gasteiger partial charge is 0.0771 e. The van der Waals surface area contributed by atoms with Crippen molar-refractivity contribution in [3.63, 3.8) is 0 Å². The summed E-state index contributed by atoms with van der Waals surface area (Å²) in [6.45, 7) is 3.68. The highest BCUT2D eigenvalue weighted by Crippen LogP contribution is 2.31. The van der Waals surface area contributed by atoms with Crippen LogP contribution in [-0.2, 0) is 13.6 Å². The lowest BCUT2D eigenvalue weighted by molar-refractivity contribution is -0.00635. The lowest BCUT2D eigenvalue weighted by Gasteiger charge is -2.35. The first-order valence-electron chi connectivity index (χ1n) is 6.49. The fourth-order valence-corrected chi connectivity index (χ4v) is 2.46. The van der Waals surface area contributed by atoms with Crippen molar-refractivity contribution in [2.45, 2.75) is 44.8 Å². The van der Waals surface area contributed by atoms with Crippen LogP contribution in [-0.4, -0.2) is 27.0 Å². The number of aliphatic hydroxyl groups is 1. The third-order valence-electron chi connectivity index (χ3n) is 3.73. The number of aryl methyl sites for hydroxylation is 1. The fourth-order valence-electron chi connectivity index (χ4n) is 2.46. The summed E-state index contributed by atoms with van der Waals surface area (Å²) in [5.74, 6) is 0.770. The lowest BCUT2D eigenvalue weighted by atomic mass is 9.79. The molecule has 0 amide bonds. The SMILES string of the molecule is CC1CCC(O)(CNCc2ccn(C)n2)CC1. The fraction of sp³-hybridized carbons (Fsp3) is 0.769. The predicted octanol–water partition coefficient (Wildman–Crippen LogP) is 1.45. The maximum Gasteiger partial charge on any atom is 0.0771 e. The Morgan fingerprint density at radius 1 is 1.53 bits per heavy atom. The molecular weight excluding hydrogens is 214 g/mol. The second kappa shape index (κ2) is 5.19. The molecule has 1 aliphatic carbocycles. The molecule has 0 spiro atoms. The Hall–Kier alpha value is -0.870. The summed E-state index contributed by atoms with van der Waals surface area (Å²) in [6, 6.07) is 2.00. The van der Waals surface area contributed by atoms with Gasteiger partial charge in [0.05, 0.1) is 11.3 Å². The topological polar surface area (TPSA) is 50.1 Å². The second-order valence-electron chi connectivity index (χ2n) is 5.49. The van der Waals surface area contributed by atoms with E-state index in [0.29, 0.717) is 6.54 Å². The maximum atomic E-state index is 10.4. The van der Waals surface area contributed by atoms with Crippen LogP contribution in [0.25, 0.3) is 0 Å². The molecular formula is C13H23N3O. The van der Waals surface area contributed by atoms with E-state index in [-0.39, 0.29) is 0 Å². The molecule has 2 N–H and O–H groups in total. The van der Waals surface area contributed by atoms with Crippen molar-refractivity contribution in [3.05, 3.63) is 18.0 Å². The van der Waals surface area contributed by atoms with Gasteiger partial charge in [0.1, 0.15) is 0 Å². The van der Waals surface area contributed by atoms with E-state index < -0.39 is 5.60 Å². The van der Waals surface area contributed by atoms with E-state index in [1.54, 1.807) is 4.68 Å². The molecule has 0 bridgehead atoms. The van der Waals surface area contributed by atoms with Crippen molar-refractivity contribution < 1.29 is 5.11 Å². The minimum absolute atomic E-state index is 0.499. The van der Waals surface area contributed by atoms with Gasteiger partial charge in [-0.15, -0.1) is 0 Å². The van der Waals surface area contributed by atoms with Gasteiger partial charge in [-0.25, -0.2) is 0 Å². The van der Waals surface area contributed by atoms with Crippen LogP contribution in [0.2, 0.25) is 0 Å². The van der Waals surface area contributed by atoms with Crippen molar-refractivity contribution in [3.8, 4) is 0 Å². The molecule has 96 valence electrons. The largest absolute Gasteiger partial charge is 0.389 e. The van der Waals surface area contributed by atoms with E-state index in [9.17, 15) is 5.11 Å². The van der Waals surface area contributed by atoms with E-state index in [2.05, 4.69) is 17.3 Å². The van der Waals surface area contributed by atoms with Crippen molar-refractivity contribution in [1.82, 2.24) is 15.1 Å². The average Bonchev–Trinajstić information content (AvgIpc) is 2.69. The monoisotopic (exact) mass is 237 g/mol. The van der Waals surface area contributed by atoms with Crippen molar-refractivity contribution >= 4 is 0 Å². The highest BCUT2D eigenvalue weighted by atomic mass is 16.3. The van der Waals surface area contributed by atoms with E-state index in [1.807, 2.05) is 19.3 Å². The van der Waals surface area contributed by atoms with Gasteiger partial charge in [0.2, 0.25) is 0 Å². The molecule has 1 saturated carbocycles. The molecule has 1 heterocycles. The van der Waals surface area contributed by atoms with Crippen LogP contribution in [0.15, 0.2) is 12.3 Å².